The summed E-state index contributed by atoms with van der Waals surface area (Å²) in [7, 11) is 0. The Morgan fingerprint density at radius 1 is 0.966 bits per heavy atom. The van der Waals surface area contributed by atoms with Crippen molar-refractivity contribution in [3.05, 3.63) is 71.5 Å². The number of esters is 1. The molecule has 0 atom stereocenters. The van der Waals surface area contributed by atoms with Crippen LogP contribution in [-0.4, -0.2) is 32.6 Å². The summed E-state index contributed by atoms with van der Waals surface area (Å²) in [4.78, 5) is 34.1. The molecule has 0 aliphatic heterocycles. The smallest absolute Gasteiger partial charge is 0.341 e. The second kappa shape index (κ2) is 7.83. The molecule has 0 bridgehead atoms. The van der Waals surface area contributed by atoms with Crippen molar-refractivity contribution < 1.29 is 19.4 Å². The highest BCUT2D eigenvalue weighted by molar-refractivity contribution is 6.09. The second-order valence-electron chi connectivity index (χ2n) is 7.56. The molecule has 0 radical (unpaired) electrons. The topological polar surface area (TPSA) is 89.4 Å². The number of carbonyl (C=O) groups excluding carboxylic acids is 1. The maximum absolute atomic E-state index is 13.3. The van der Waals surface area contributed by atoms with Gasteiger partial charge in [-0.15, -0.1) is 0 Å². The number of ether oxygens (including phenoxy) is 1. The number of nitrogens with zero attached hydrogens (tertiary/aromatic N) is 2. The van der Waals surface area contributed by atoms with Crippen molar-refractivity contribution in [3.63, 3.8) is 0 Å². The fraction of sp³-hybridized carbons (Fsp3) is 0.217. The van der Waals surface area contributed by atoms with Gasteiger partial charge in [0, 0.05) is 11.8 Å². The van der Waals surface area contributed by atoms with E-state index in [0.717, 1.165) is 0 Å². The lowest BCUT2D eigenvalue weighted by Crippen LogP contribution is -2.26. The van der Waals surface area contributed by atoms with Crippen LogP contribution in [0.2, 0.25) is 0 Å². The van der Waals surface area contributed by atoms with Crippen LogP contribution in [0.15, 0.2) is 54.7 Å². The van der Waals surface area contributed by atoms with Crippen LogP contribution in [0.5, 0.6) is 0 Å². The molecule has 0 spiro atoms. The van der Waals surface area contributed by atoms with Crippen molar-refractivity contribution in [2.45, 2.75) is 33.3 Å². The molecule has 0 saturated heterocycles. The molecule has 1 N–H and O–H groups in total. The monoisotopic (exact) mass is 390 g/mol. The Hall–Kier alpha value is -3.54. The Labute approximate surface area is 169 Å². The minimum Gasteiger partial charge on any atom is -0.478 e. The number of hydrogen-bond donors (Lipinski definition) is 1. The van der Waals surface area contributed by atoms with E-state index in [2.05, 4.69) is 9.97 Å². The number of pyridine rings is 2. The van der Waals surface area contributed by atoms with E-state index >= 15 is 0 Å². The van der Waals surface area contributed by atoms with E-state index in [4.69, 9.17) is 4.74 Å². The fourth-order valence-corrected chi connectivity index (χ4v) is 3.08. The summed E-state index contributed by atoms with van der Waals surface area (Å²) >= 11 is 0. The van der Waals surface area contributed by atoms with Crippen LogP contribution in [0.3, 0.4) is 0 Å². The van der Waals surface area contributed by atoms with Crippen molar-refractivity contribution in [2.24, 2.45) is 0 Å². The number of aromatic nitrogens is 2. The molecule has 0 aliphatic carbocycles. The number of carboxylic acid groups (broad SMARTS) is 1. The van der Waals surface area contributed by atoms with Crippen LogP contribution >= 0.6 is 0 Å². The van der Waals surface area contributed by atoms with E-state index in [9.17, 15) is 14.7 Å². The lowest BCUT2D eigenvalue weighted by molar-refractivity contribution is 0.00709. The third-order valence-corrected chi connectivity index (χ3v) is 4.16. The minimum atomic E-state index is -1.16. The Balaban J connectivity index is 2.44. The molecule has 0 unspecified atom stereocenters. The average molecular weight is 390 g/mol. The van der Waals surface area contributed by atoms with Crippen LogP contribution in [0.1, 0.15) is 47.2 Å². The first-order valence-corrected chi connectivity index (χ1v) is 9.17. The van der Waals surface area contributed by atoms with Gasteiger partial charge in [-0.25, -0.2) is 14.6 Å². The minimum absolute atomic E-state index is 0.0308. The first-order valence-electron chi connectivity index (χ1n) is 9.17. The first kappa shape index (κ1) is 20.2. The van der Waals surface area contributed by atoms with Crippen molar-refractivity contribution >= 4 is 11.9 Å². The van der Waals surface area contributed by atoms with E-state index < -0.39 is 17.5 Å². The van der Waals surface area contributed by atoms with Gasteiger partial charge in [-0.1, -0.05) is 36.4 Å². The van der Waals surface area contributed by atoms with Gasteiger partial charge in [0.1, 0.15) is 11.3 Å². The second-order valence-corrected chi connectivity index (χ2v) is 7.56. The maximum Gasteiger partial charge on any atom is 0.341 e. The SMILES string of the molecule is Cc1nc(-c2ccccn2)c(C(=O)OC(C)(C)C)c(-c2ccccc2)c1C(=O)O. The fourth-order valence-electron chi connectivity index (χ4n) is 3.08. The van der Waals surface area contributed by atoms with Gasteiger partial charge in [-0.3, -0.25) is 4.98 Å². The van der Waals surface area contributed by atoms with Crippen molar-refractivity contribution in [1.82, 2.24) is 9.97 Å². The molecule has 0 amide bonds. The lowest BCUT2D eigenvalue weighted by atomic mass is 9.91. The molecule has 6 heteroatoms. The van der Waals surface area contributed by atoms with E-state index in [1.807, 2.05) is 6.07 Å². The first-order chi connectivity index (χ1) is 13.7. The molecule has 3 aromatic rings. The quantitative estimate of drug-likeness (QED) is 0.645. The van der Waals surface area contributed by atoms with Crippen LogP contribution in [-0.2, 0) is 4.74 Å². The number of aromatic carboxylic acids is 1. The van der Waals surface area contributed by atoms with Gasteiger partial charge in [0.2, 0.25) is 0 Å². The van der Waals surface area contributed by atoms with Crippen LogP contribution in [0, 0.1) is 6.92 Å². The number of carboxylic acids is 1. The highest BCUT2D eigenvalue weighted by atomic mass is 16.6. The molecule has 2 heterocycles. The number of hydrogen-bond acceptors (Lipinski definition) is 5. The summed E-state index contributed by atoms with van der Waals surface area (Å²) in [6, 6.07) is 14.2. The van der Waals surface area contributed by atoms with Gasteiger partial charge in [0.25, 0.3) is 0 Å². The molecule has 2 aromatic heterocycles. The summed E-state index contributed by atoms with van der Waals surface area (Å²) < 4.78 is 5.62. The molecule has 1 aromatic carbocycles. The molecular weight excluding hydrogens is 368 g/mol. The Kier molecular flexibility index (Phi) is 5.46. The molecule has 29 heavy (non-hydrogen) atoms. The van der Waals surface area contributed by atoms with Crippen LogP contribution < -0.4 is 0 Å². The Morgan fingerprint density at radius 2 is 1.62 bits per heavy atom. The number of carbonyl (C=O) groups is 2. The molecule has 3 rings (SSSR count). The number of rotatable bonds is 4. The van der Waals surface area contributed by atoms with E-state index in [1.54, 1.807) is 76.4 Å². The summed E-state index contributed by atoms with van der Waals surface area (Å²) in [6.45, 7) is 6.88. The highest BCUT2D eigenvalue weighted by Gasteiger charge is 2.31. The molecule has 6 nitrogen and oxygen atoms in total. The predicted molar refractivity (Wildman–Crippen MR) is 110 cm³/mol. The van der Waals surface area contributed by atoms with Gasteiger partial charge in [-0.2, -0.15) is 0 Å². The van der Waals surface area contributed by atoms with E-state index in [1.165, 1.54) is 0 Å². The van der Waals surface area contributed by atoms with Gasteiger partial charge < -0.3 is 9.84 Å². The Bertz CT molecular complexity index is 1060. The third-order valence-electron chi connectivity index (χ3n) is 4.16. The third kappa shape index (κ3) is 4.32. The zero-order valence-corrected chi connectivity index (χ0v) is 16.8. The molecule has 0 saturated carbocycles. The van der Waals surface area contributed by atoms with Gasteiger partial charge in [0.05, 0.1) is 22.5 Å². The van der Waals surface area contributed by atoms with Crippen LogP contribution in [0.4, 0.5) is 0 Å². The molecule has 148 valence electrons. The van der Waals surface area contributed by atoms with Crippen molar-refractivity contribution in [1.29, 1.82) is 0 Å². The number of aryl methyl sites for hydroxylation is 1. The van der Waals surface area contributed by atoms with Gasteiger partial charge in [-0.05, 0) is 45.4 Å². The predicted octanol–water partition coefficient (Wildman–Crippen LogP) is 4.77. The summed E-state index contributed by atoms with van der Waals surface area (Å²) in [5.74, 6) is -1.81. The van der Waals surface area contributed by atoms with Gasteiger partial charge in [0.15, 0.2) is 0 Å². The van der Waals surface area contributed by atoms with Crippen LogP contribution in [0.25, 0.3) is 22.5 Å². The lowest BCUT2D eigenvalue weighted by Gasteiger charge is -2.23. The normalized spacial score (nSPS) is 11.2. The summed E-state index contributed by atoms with van der Waals surface area (Å²) in [5.41, 5.74) is 1.22. The van der Waals surface area contributed by atoms with Crippen molar-refractivity contribution in [2.75, 3.05) is 0 Å². The van der Waals surface area contributed by atoms with E-state index in [0.29, 0.717) is 22.6 Å². The molecule has 0 aliphatic rings. The summed E-state index contributed by atoms with van der Waals surface area (Å²) in [5, 5.41) is 9.90. The zero-order chi connectivity index (χ0) is 21.2. The highest BCUT2D eigenvalue weighted by Crippen LogP contribution is 2.36. The zero-order valence-electron chi connectivity index (χ0n) is 16.8. The molecular formula is C23H22N2O4. The van der Waals surface area contributed by atoms with Gasteiger partial charge >= 0.3 is 11.9 Å². The standard InChI is InChI=1S/C23H22N2O4/c1-14-17(21(26)27)18(15-10-6-5-7-11-15)19(22(28)29-23(2,3)4)20(25-14)16-12-8-9-13-24-16/h5-13H,1-4H3,(H,26,27). The largest absolute Gasteiger partial charge is 0.478 e. The maximum atomic E-state index is 13.3. The molecule has 0 fully saturated rings. The average Bonchev–Trinajstić information content (AvgIpc) is 2.66. The van der Waals surface area contributed by atoms with Crippen molar-refractivity contribution in [3.8, 4) is 22.5 Å². The Morgan fingerprint density at radius 3 is 2.17 bits per heavy atom. The summed E-state index contributed by atoms with van der Waals surface area (Å²) in [6.07, 6.45) is 1.60. The van der Waals surface area contributed by atoms with E-state index in [-0.39, 0.29) is 16.7 Å². The number of benzene rings is 1.